The first-order valence-electron chi connectivity index (χ1n) is 9.57. The molecule has 1 amide bonds. The van der Waals surface area contributed by atoms with Crippen LogP contribution in [0.2, 0.25) is 0 Å². The fourth-order valence-corrected chi connectivity index (χ4v) is 3.82. The van der Waals surface area contributed by atoms with E-state index in [1.807, 2.05) is 6.07 Å². The van der Waals surface area contributed by atoms with Gasteiger partial charge in [-0.15, -0.1) is 0 Å². The van der Waals surface area contributed by atoms with E-state index in [2.05, 4.69) is 20.2 Å². The lowest BCUT2D eigenvalue weighted by molar-refractivity contribution is 0.0627. The topological polar surface area (TPSA) is 61.4 Å². The molecule has 1 N–H and O–H groups in total. The molecule has 4 rings (SSSR count). The smallest absolute Gasteiger partial charge is 0.273 e. The molecule has 0 saturated carbocycles. The largest absolute Gasteiger partial charge is 0.341 e. The van der Waals surface area contributed by atoms with E-state index in [0.717, 1.165) is 31.5 Å². The maximum Gasteiger partial charge on any atom is 0.273 e. The molecule has 2 fully saturated rings. The molecule has 0 radical (unpaired) electrons. The van der Waals surface area contributed by atoms with E-state index in [9.17, 15) is 9.18 Å². The minimum absolute atomic E-state index is 0.133. The molecule has 142 valence electrons. The van der Waals surface area contributed by atoms with Crippen molar-refractivity contribution in [2.75, 3.05) is 37.6 Å². The van der Waals surface area contributed by atoms with E-state index in [0.29, 0.717) is 31.3 Å². The zero-order valence-electron chi connectivity index (χ0n) is 15.3. The molecular formula is C20H24FN5O. The number of carbonyl (C=O) groups excluding carboxylic acids is 1. The summed E-state index contributed by atoms with van der Waals surface area (Å²) in [7, 11) is 0. The highest BCUT2D eigenvalue weighted by atomic mass is 19.1. The van der Waals surface area contributed by atoms with Gasteiger partial charge in [0, 0.05) is 38.9 Å². The van der Waals surface area contributed by atoms with E-state index in [-0.39, 0.29) is 17.8 Å². The second-order valence-corrected chi connectivity index (χ2v) is 7.06. The van der Waals surface area contributed by atoms with Gasteiger partial charge in [0.25, 0.3) is 5.91 Å². The summed E-state index contributed by atoms with van der Waals surface area (Å²) in [6.07, 6.45) is 5.14. The molecule has 2 aliphatic rings. The Balaban J connectivity index is 1.58. The Hall–Kier alpha value is -2.54. The number of benzene rings is 1. The van der Waals surface area contributed by atoms with Crippen molar-refractivity contribution in [3.8, 4) is 0 Å². The van der Waals surface area contributed by atoms with E-state index in [1.165, 1.54) is 18.6 Å². The first-order chi connectivity index (χ1) is 13.2. The Morgan fingerprint density at radius 1 is 1.15 bits per heavy atom. The van der Waals surface area contributed by atoms with E-state index in [1.54, 1.807) is 23.2 Å². The molecule has 27 heavy (non-hydrogen) atoms. The van der Waals surface area contributed by atoms with Gasteiger partial charge in [-0.25, -0.2) is 14.4 Å². The number of hydrogen-bond acceptors (Lipinski definition) is 5. The number of carbonyl (C=O) groups is 1. The van der Waals surface area contributed by atoms with Gasteiger partial charge in [-0.3, -0.25) is 4.79 Å². The molecule has 6 nitrogen and oxygen atoms in total. The highest BCUT2D eigenvalue weighted by molar-refractivity contribution is 5.93. The van der Waals surface area contributed by atoms with Crippen LogP contribution < -0.4 is 10.2 Å². The predicted molar refractivity (Wildman–Crippen MR) is 101 cm³/mol. The van der Waals surface area contributed by atoms with Crippen molar-refractivity contribution < 1.29 is 9.18 Å². The Morgan fingerprint density at radius 2 is 2.00 bits per heavy atom. The highest BCUT2D eigenvalue weighted by Crippen LogP contribution is 2.25. The van der Waals surface area contributed by atoms with Crippen LogP contribution in [0.3, 0.4) is 0 Å². The molecule has 0 aliphatic carbocycles. The van der Waals surface area contributed by atoms with Crippen LogP contribution >= 0.6 is 0 Å². The third kappa shape index (κ3) is 3.93. The average Bonchev–Trinajstić information content (AvgIpc) is 2.74. The van der Waals surface area contributed by atoms with Crippen LogP contribution in [0.25, 0.3) is 0 Å². The number of aromatic nitrogens is 2. The number of piperidine rings is 1. The number of nitrogens with zero attached hydrogens (tertiary/aromatic N) is 4. The number of amides is 1. The second-order valence-electron chi connectivity index (χ2n) is 7.06. The van der Waals surface area contributed by atoms with Gasteiger partial charge in [0.15, 0.2) is 0 Å². The van der Waals surface area contributed by atoms with Gasteiger partial charge in [-0.05, 0) is 43.0 Å². The van der Waals surface area contributed by atoms with Crippen LogP contribution in [0, 0.1) is 5.82 Å². The minimum Gasteiger partial charge on any atom is -0.341 e. The highest BCUT2D eigenvalue weighted by Gasteiger charge is 2.30. The summed E-state index contributed by atoms with van der Waals surface area (Å²) < 4.78 is 13.7. The Kier molecular flexibility index (Phi) is 5.29. The van der Waals surface area contributed by atoms with Gasteiger partial charge >= 0.3 is 0 Å². The molecule has 2 saturated heterocycles. The van der Waals surface area contributed by atoms with Gasteiger partial charge < -0.3 is 15.1 Å². The molecule has 0 spiro atoms. The molecule has 1 aromatic carbocycles. The summed E-state index contributed by atoms with van der Waals surface area (Å²) in [5.41, 5.74) is 1.19. The maximum atomic E-state index is 13.7. The molecule has 0 bridgehead atoms. The Labute approximate surface area is 158 Å². The third-order valence-electron chi connectivity index (χ3n) is 5.24. The lowest BCUT2D eigenvalue weighted by atomic mass is 10.0. The van der Waals surface area contributed by atoms with Crippen LogP contribution in [-0.2, 0) is 0 Å². The van der Waals surface area contributed by atoms with E-state index >= 15 is 0 Å². The number of halogens is 1. The summed E-state index contributed by atoms with van der Waals surface area (Å²) in [5.74, 6) is 0.198. The molecule has 2 aromatic rings. The maximum absolute atomic E-state index is 13.7. The van der Waals surface area contributed by atoms with Crippen LogP contribution in [0.15, 0.2) is 36.5 Å². The molecule has 2 aliphatic heterocycles. The van der Waals surface area contributed by atoms with Gasteiger partial charge in [0.2, 0.25) is 5.95 Å². The quantitative estimate of drug-likeness (QED) is 0.900. The standard InChI is InChI=1S/C20H24FN5O/c21-16-6-4-5-15(13-16)18-14-22-9-12-26(18)19(27)17-7-8-23-20(24-17)25-10-2-1-3-11-25/h4-8,13,18,22H,1-3,9-12,14H2. The Morgan fingerprint density at radius 3 is 2.81 bits per heavy atom. The zero-order valence-corrected chi connectivity index (χ0v) is 15.3. The summed E-state index contributed by atoms with van der Waals surface area (Å²) in [6.45, 7) is 3.72. The first-order valence-corrected chi connectivity index (χ1v) is 9.57. The summed E-state index contributed by atoms with van der Waals surface area (Å²) in [4.78, 5) is 26.0. The van der Waals surface area contributed by atoms with Crippen molar-refractivity contribution in [2.24, 2.45) is 0 Å². The van der Waals surface area contributed by atoms with E-state index in [4.69, 9.17) is 0 Å². The minimum atomic E-state index is -0.292. The lowest BCUT2D eigenvalue weighted by Crippen LogP contribution is -2.49. The van der Waals surface area contributed by atoms with Crippen molar-refractivity contribution in [3.05, 3.63) is 53.6 Å². The zero-order chi connectivity index (χ0) is 18.6. The third-order valence-corrected chi connectivity index (χ3v) is 5.24. The van der Waals surface area contributed by atoms with Gasteiger partial charge in [0.1, 0.15) is 11.5 Å². The molecule has 1 unspecified atom stereocenters. The van der Waals surface area contributed by atoms with Crippen LogP contribution in [0.1, 0.15) is 41.4 Å². The van der Waals surface area contributed by atoms with Crippen LogP contribution in [0.5, 0.6) is 0 Å². The SMILES string of the molecule is O=C(c1ccnc(N2CCCCC2)n1)N1CCNCC1c1cccc(F)c1. The fraction of sp³-hybridized carbons (Fsp3) is 0.450. The number of nitrogens with one attached hydrogen (secondary N) is 1. The summed E-state index contributed by atoms with van der Waals surface area (Å²) in [5, 5.41) is 3.29. The molecule has 7 heteroatoms. The number of hydrogen-bond donors (Lipinski definition) is 1. The first kappa shape index (κ1) is 17.9. The number of anilines is 1. The lowest BCUT2D eigenvalue weighted by Gasteiger charge is -2.36. The van der Waals surface area contributed by atoms with Gasteiger partial charge in [-0.1, -0.05) is 12.1 Å². The van der Waals surface area contributed by atoms with Crippen LogP contribution in [0.4, 0.5) is 10.3 Å². The fourth-order valence-electron chi connectivity index (χ4n) is 3.82. The Bertz CT molecular complexity index is 808. The number of rotatable bonds is 3. The summed E-state index contributed by atoms with van der Waals surface area (Å²) in [6, 6.07) is 7.91. The second kappa shape index (κ2) is 8.00. The van der Waals surface area contributed by atoms with Crippen molar-refractivity contribution in [3.63, 3.8) is 0 Å². The van der Waals surface area contributed by atoms with E-state index < -0.39 is 0 Å². The predicted octanol–water partition coefficient (Wildman–Crippen LogP) is 2.39. The monoisotopic (exact) mass is 369 g/mol. The average molecular weight is 369 g/mol. The molecule has 1 aromatic heterocycles. The van der Waals surface area contributed by atoms with Gasteiger partial charge in [-0.2, -0.15) is 0 Å². The van der Waals surface area contributed by atoms with Crippen molar-refractivity contribution >= 4 is 11.9 Å². The summed E-state index contributed by atoms with van der Waals surface area (Å²) >= 11 is 0. The van der Waals surface area contributed by atoms with Crippen molar-refractivity contribution in [2.45, 2.75) is 25.3 Å². The van der Waals surface area contributed by atoms with Gasteiger partial charge in [0.05, 0.1) is 6.04 Å². The van der Waals surface area contributed by atoms with Crippen molar-refractivity contribution in [1.29, 1.82) is 0 Å². The normalized spacial score (nSPS) is 20.6. The van der Waals surface area contributed by atoms with Crippen molar-refractivity contribution in [1.82, 2.24) is 20.2 Å². The molecular weight excluding hydrogens is 345 g/mol. The molecule has 1 atom stereocenters. The number of piperazine rings is 1. The molecule has 3 heterocycles. The van der Waals surface area contributed by atoms with Crippen LogP contribution in [-0.4, -0.2) is 53.5 Å².